The monoisotopic (exact) mass is 304 g/mol. The van der Waals surface area contributed by atoms with E-state index in [0.717, 1.165) is 11.8 Å². The van der Waals surface area contributed by atoms with Crippen molar-refractivity contribution >= 4 is 5.91 Å². The molecule has 0 atom stereocenters. The third kappa shape index (κ3) is 4.27. The third-order valence-electron chi connectivity index (χ3n) is 2.81. The summed E-state index contributed by atoms with van der Waals surface area (Å²) in [5.74, 6) is 0.575. The summed E-state index contributed by atoms with van der Waals surface area (Å²) in [6.07, 6.45) is 0. The number of aromatic hydroxyl groups is 1. The number of hydrogen-bond donors (Lipinski definition) is 3. The maximum atomic E-state index is 11.8. The highest BCUT2D eigenvalue weighted by molar-refractivity contribution is 5.94. The molecule has 2 aromatic rings. The molecule has 0 radical (unpaired) electrons. The first-order valence-corrected chi connectivity index (χ1v) is 6.57. The van der Waals surface area contributed by atoms with Crippen LogP contribution in [0.2, 0.25) is 0 Å². The zero-order chi connectivity index (χ0) is 15.9. The Balaban J connectivity index is 1.80. The van der Waals surface area contributed by atoms with Crippen LogP contribution in [0.5, 0.6) is 17.4 Å². The van der Waals surface area contributed by atoms with Gasteiger partial charge in [0.05, 0.1) is 19.2 Å². The van der Waals surface area contributed by atoms with Crippen molar-refractivity contribution in [1.29, 1.82) is 0 Å². The van der Waals surface area contributed by atoms with Crippen molar-refractivity contribution in [3.8, 4) is 17.4 Å². The number of rotatable bonds is 6. The van der Waals surface area contributed by atoms with Gasteiger partial charge in [-0.3, -0.25) is 14.6 Å². The topological polar surface area (TPSA) is 101 Å². The lowest BCUT2D eigenvalue weighted by molar-refractivity contribution is 0.0946. The Morgan fingerprint density at radius 2 is 1.91 bits per heavy atom. The molecule has 0 aliphatic heterocycles. The van der Waals surface area contributed by atoms with Gasteiger partial charge in [0.15, 0.2) is 5.88 Å². The van der Waals surface area contributed by atoms with Gasteiger partial charge in [-0.2, -0.15) is 0 Å². The van der Waals surface area contributed by atoms with Crippen LogP contribution in [0.1, 0.15) is 10.4 Å². The second-order valence-corrected chi connectivity index (χ2v) is 4.40. The quantitative estimate of drug-likeness (QED) is 0.688. The maximum absolute atomic E-state index is 11.8. The molecule has 116 valence electrons. The Morgan fingerprint density at radius 1 is 1.23 bits per heavy atom. The van der Waals surface area contributed by atoms with Gasteiger partial charge in [-0.1, -0.05) is 0 Å². The average Bonchev–Trinajstić information content (AvgIpc) is 2.51. The lowest BCUT2D eigenvalue weighted by atomic mass is 10.2. The van der Waals surface area contributed by atoms with Crippen LogP contribution in [0.25, 0.3) is 0 Å². The van der Waals surface area contributed by atoms with Crippen LogP contribution >= 0.6 is 0 Å². The summed E-state index contributed by atoms with van der Waals surface area (Å²) in [7, 11) is 1.58. The van der Waals surface area contributed by atoms with E-state index in [1.165, 1.54) is 6.07 Å². The molecule has 7 nitrogen and oxygen atoms in total. The van der Waals surface area contributed by atoms with Gasteiger partial charge < -0.3 is 19.9 Å². The molecule has 0 aliphatic rings. The molecular formula is C15H16N2O5. The van der Waals surface area contributed by atoms with Gasteiger partial charge >= 0.3 is 0 Å². The minimum absolute atomic E-state index is 0.0886. The molecule has 0 spiro atoms. The lowest BCUT2D eigenvalue weighted by Gasteiger charge is -2.08. The van der Waals surface area contributed by atoms with Gasteiger partial charge in [0.1, 0.15) is 18.1 Å². The van der Waals surface area contributed by atoms with Crippen molar-refractivity contribution in [3.63, 3.8) is 0 Å². The van der Waals surface area contributed by atoms with Gasteiger partial charge in [0.25, 0.3) is 11.5 Å². The molecule has 1 heterocycles. The number of carbonyl (C=O) groups excluding carboxylic acids is 1. The summed E-state index contributed by atoms with van der Waals surface area (Å²) >= 11 is 0. The molecule has 0 fully saturated rings. The molecule has 0 unspecified atom stereocenters. The number of amides is 1. The normalized spacial score (nSPS) is 10.0. The van der Waals surface area contributed by atoms with E-state index >= 15 is 0 Å². The number of pyridine rings is 1. The number of methoxy groups -OCH3 is 1. The number of H-pyrrole nitrogens is 1. The predicted molar refractivity (Wildman–Crippen MR) is 79.5 cm³/mol. The summed E-state index contributed by atoms with van der Waals surface area (Å²) in [5, 5.41) is 11.8. The highest BCUT2D eigenvalue weighted by Crippen LogP contribution is 2.16. The zero-order valence-electron chi connectivity index (χ0n) is 12.0. The van der Waals surface area contributed by atoms with Crippen LogP contribution in [-0.4, -0.2) is 36.3 Å². The smallest absolute Gasteiger partial charge is 0.251 e. The molecule has 0 saturated carbocycles. The Morgan fingerprint density at radius 3 is 2.55 bits per heavy atom. The molecule has 1 aromatic heterocycles. The van der Waals surface area contributed by atoms with Gasteiger partial charge in [-0.15, -0.1) is 0 Å². The van der Waals surface area contributed by atoms with Crippen molar-refractivity contribution < 1.29 is 19.4 Å². The van der Waals surface area contributed by atoms with Crippen molar-refractivity contribution in [2.75, 3.05) is 20.3 Å². The van der Waals surface area contributed by atoms with Crippen molar-refractivity contribution in [1.82, 2.24) is 10.3 Å². The fourth-order valence-electron chi connectivity index (χ4n) is 1.77. The van der Waals surface area contributed by atoms with Gasteiger partial charge in [-0.05, 0) is 24.3 Å². The van der Waals surface area contributed by atoms with E-state index in [-0.39, 0.29) is 24.6 Å². The lowest BCUT2D eigenvalue weighted by Crippen LogP contribution is -2.28. The second-order valence-electron chi connectivity index (χ2n) is 4.40. The molecule has 3 N–H and O–H groups in total. The van der Waals surface area contributed by atoms with E-state index in [9.17, 15) is 14.7 Å². The molecule has 0 saturated heterocycles. The number of aromatic nitrogens is 1. The third-order valence-corrected chi connectivity index (χ3v) is 2.81. The Hall–Kier alpha value is -2.96. The number of ether oxygens (including phenoxy) is 2. The average molecular weight is 304 g/mol. The van der Waals surface area contributed by atoms with Crippen LogP contribution in [0.3, 0.4) is 0 Å². The Bertz CT molecular complexity index is 694. The van der Waals surface area contributed by atoms with Crippen molar-refractivity contribution in [2.24, 2.45) is 0 Å². The van der Waals surface area contributed by atoms with E-state index in [4.69, 9.17) is 9.47 Å². The molecule has 0 aliphatic carbocycles. The van der Waals surface area contributed by atoms with Gasteiger partial charge in [0.2, 0.25) is 0 Å². The molecule has 22 heavy (non-hydrogen) atoms. The van der Waals surface area contributed by atoms with Crippen molar-refractivity contribution in [2.45, 2.75) is 0 Å². The van der Waals surface area contributed by atoms with Gasteiger partial charge in [0, 0.05) is 12.1 Å². The minimum Gasteiger partial charge on any atom is -0.497 e. The Kier molecular flexibility index (Phi) is 5.02. The first-order chi connectivity index (χ1) is 10.6. The zero-order valence-corrected chi connectivity index (χ0v) is 12.0. The summed E-state index contributed by atoms with van der Waals surface area (Å²) in [6, 6.07) is 9.35. The largest absolute Gasteiger partial charge is 0.497 e. The second kappa shape index (κ2) is 7.16. The first-order valence-electron chi connectivity index (χ1n) is 6.57. The maximum Gasteiger partial charge on any atom is 0.251 e. The molecule has 1 amide bonds. The molecule has 7 heteroatoms. The number of aromatic amines is 1. The number of carbonyl (C=O) groups is 1. The molecule has 1 aromatic carbocycles. The molecule has 2 rings (SSSR count). The van der Waals surface area contributed by atoms with E-state index in [1.807, 2.05) is 0 Å². The summed E-state index contributed by atoms with van der Waals surface area (Å²) in [4.78, 5) is 25.1. The van der Waals surface area contributed by atoms with Gasteiger partial charge in [-0.25, -0.2) is 0 Å². The Labute approximate surface area is 126 Å². The van der Waals surface area contributed by atoms with Crippen LogP contribution in [0, 0.1) is 0 Å². The highest BCUT2D eigenvalue weighted by atomic mass is 16.5. The van der Waals surface area contributed by atoms with Crippen LogP contribution < -0.4 is 20.3 Å². The minimum atomic E-state index is -0.542. The van der Waals surface area contributed by atoms with E-state index in [0.29, 0.717) is 5.75 Å². The van der Waals surface area contributed by atoms with Crippen LogP contribution in [0.4, 0.5) is 0 Å². The fraction of sp³-hybridized carbons (Fsp3) is 0.200. The molecular weight excluding hydrogens is 288 g/mol. The highest BCUT2D eigenvalue weighted by Gasteiger charge is 2.07. The predicted octanol–water partition coefficient (Wildman–Crippen LogP) is 0.898. The summed E-state index contributed by atoms with van der Waals surface area (Å²) in [6.45, 7) is 0.533. The summed E-state index contributed by atoms with van der Waals surface area (Å²) < 4.78 is 10.5. The molecule has 0 bridgehead atoms. The van der Waals surface area contributed by atoms with Crippen LogP contribution in [0.15, 0.2) is 41.2 Å². The number of nitrogens with one attached hydrogen (secondary N) is 2. The number of benzene rings is 1. The van der Waals surface area contributed by atoms with E-state index in [1.54, 1.807) is 31.4 Å². The SMILES string of the molecule is COc1ccc(OCCNC(=O)c2cc(O)[nH]c(=O)c2)cc1. The fourth-order valence-corrected chi connectivity index (χ4v) is 1.77. The summed E-state index contributed by atoms with van der Waals surface area (Å²) in [5.41, 5.74) is -0.453. The van der Waals surface area contributed by atoms with Crippen molar-refractivity contribution in [3.05, 3.63) is 52.3 Å². The van der Waals surface area contributed by atoms with E-state index < -0.39 is 11.5 Å². The van der Waals surface area contributed by atoms with E-state index in [2.05, 4.69) is 10.3 Å². The van der Waals surface area contributed by atoms with Crippen LogP contribution in [-0.2, 0) is 0 Å². The number of hydrogen-bond acceptors (Lipinski definition) is 5. The first kappa shape index (κ1) is 15.4. The standard InChI is InChI=1S/C15H16N2O5/c1-21-11-2-4-12(5-3-11)22-7-6-16-15(20)10-8-13(18)17-14(19)9-10/h2-5,8-9H,6-7H2,1H3,(H,16,20)(H2,17,18,19).